The van der Waals surface area contributed by atoms with Crippen LogP contribution in [-0.4, -0.2) is 31.1 Å². The van der Waals surface area contributed by atoms with Crippen molar-refractivity contribution >= 4 is 34.5 Å². The topological polar surface area (TPSA) is 85.6 Å². The molecule has 0 unspecified atom stereocenters. The minimum absolute atomic E-state index is 0.00846. The highest BCUT2D eigenvalue weighted by Gasteiger charge is 2.14. The van der Waals surface area contributed by atoms with Crippen LogP contribution in [0.3, 0.4) is 0 Å². The highest BCUT2D eigenvalue weighted by Crippen LogP contribution is 2.30. The molecule has 0 saturated carbocycles. The molecular formula is C19H14ClFN6OS. The van der Waals surface area contributed by atoms with Crippen molar-refractivity contribution in [2.75, 3.05) is 5.32 Å². The molecule has 0 radical (unpaired) electrons. The van der Waals surface area contributed by atoms with E-state index in [1.807, 2.05) is 18.2 Å². The molecule has 10 heteroatoms. The number of tetrazole rings is 1. The van der Waals surface area contributed by atoms with Gasteiger partial charge in [0.25, 0.3) is 0 Å². The lowest BCUT2D eigenvalue weighted by Crippen LogP contribution is -2.16. The van der Waals surface area contributed by atoms with Crippen LogP contribution in [0, 0.1) is 12.7 Å². The number of aromatic nitrogens is 5. The minimum atomic E-state index is -0.553. The number of carbonyl (C=O) groups excluding carboxylic acids is 1. The number of halogens is 2. The highest BCUT2D eigenvalue weighted by molar-refractivity contribution is 7.13. The van der Waals surface area contributed by atoms with Gasteiger partial charge in [0.2, 0.25) is 5.91 Å². The Morgan fingerprint density at radius 2 is 2.10 bits per heavy atom. The van der Waals surface area contributed by atoms with Crippen molar-refractivity contribution in [3.8, 4) is 16.3 Å². The smallest absolute Gasteiger partial charge is 0.230 e. The van der Waals surface area contributed by atoms with Crippen molar-refractivity contribution in [1.29, 1.82) is 0 Å². The lowest BCUT2D eigenvalue weighted by atomic mass is 10.2. The van der Waals surface area contributed by atoms with Crippen LogP contribution in [0.15, 0.2) is 47.8 Å². The highest BCUT2D eigenvalue weighted by atomic mass is 35.5. The first-order valence-electron chi connectivity index (χ1n) is 8.55. The molecule has 2 aromatic heterocycles. The first-order valence-corrected chi connectivity index (χ1v) is 9.81. The van der Waals surface area contributed by atoms with Crippen molar-refractivity contribution in [2.24, 2.45) is 0 Å². The van der Waals surface area contributed by atoms with E-state index in [1.54, 1.807) is 18.4 Å². The molecule has 0 aliphatic heterocycles. The number of benzene rings is 2. The van der Waals surface area contributed by atoms with E-state index in [4.69, 9.17) is 11.6 Å². The zero-order valence-electron chi connectivity index (χ0n) is 15.1. The maximum Gasteiger partial charge on any atom is 0.230 e. The number of anilines is 1. The zero-order chi connectivity index (χ0) is 20.4. The van der Waals surface area contributed by atoms with Crippen molar-refractivity contribution in [3.05, 3.63) is 70.2 Å². The van der Waals surface area contributed by atoms with Gasteiger partial charge < -0.3 is 5.32 Å². The van der Waals surface area contributed by atoms with Gasteiger partial charge in [-0.15, -0.1) is 16.4 Å². The summed E-state index contributed by atoms with van der Waals surface area (Å²) in [5, 5.41) is 16.9. The van der Waals surface area contributed by atoms with Crippen LogP contribution in [-0.2, 0) is 11.2 Å². The lowest BCUT2D eigenvalue weighted by molar-refractivity contribution is -0.115. The summed E-state index contributed by atoms with van der Waals surface area (Å²) in [4.78, 5) is 16.9. The number of nitrogens with zero attached hydrogens (tertiary/aromatic N) is 5. The summed E-state index contributed by atoms with van der Waals surface area (Å²) in [6.07, 6.45) is 0.00846. The van der Waals surface area contributed by atoms with E-state index in [0.29, 0.717) is 22.2 Å². The molecule has 2 heterocycles. The molecule has 1 amide bonds. The van der Waals surface area contributed by atoms with Gasteiger partial charge in [-0.1, -0.05) is 29.8 Å². The van der Waals surface area contributed by atoms with Crippen LogP contribution in [0.25, 0.3) is 16.3 Å². The van der Waals surface area contributed by atoms with E-state index in [2.05, 4.69) is 25.8 Å². The molecule has 29 heavy (non-hydrogen) atoms. The molecule has 0 spiro atoms. The number of thiazole rings is 1. The average molecular weight is 429 g/mol. The Balaban J connectivity index is 1.49. The van der Waals surface area contributed by atoms with Gasteiger partial charge in [0, 0.05) is 10.9 Å². The third kappa shape index (κ3) is 4.15. The summed E-state index contributed by atoms with van der Waals surface area (Å²) < 4.78 is 15.6. The van der Waals surface area contributed by atoms with Crippen molar-refractivity contribution in [3.63, 3.8) is 0 Å². The third-order valence-corrected chi connectivity index (χ3v) is 5.35. The van der Waals surface area contributed by atoms with Gasteiger partial charge >= 0.3 is 0 Å². The molecule has 0 atom stereocenters. The maximum atomic E-state index is 14.2. The fourth-order valence-electron chi connectivity index (χ4n) is 2.72. The Bertz CT molecular complexity index is 1190. The summed E-state index contributed by atoms with van der Waals surface area (Å²) in [7, 11) is 0. The van der Waals surface area contributed by atoms with Crippen LogP contribution in [0.5, 0.6) is 0 Å². The molecule has 0 aliphatic carbocycles. The molecule has 0 bridgehead atoms. The summed E-state index contributed by atoms with van der Waals surface area (Å²) in [6.45, 7) is 1.72. The Morgan fingerprint density at radius 3 is 2.86 bits per heavy atom. The summed E-state index contributed by atoms with van der Waals surface area (Å²) in [5.41, 5.74) is 1.97. The van der Waals surface area contributed by atoms with Gasteiger partial charge in [0.05, 0.1) is 28.5 Å². The first kappa shape index (κ1) is 19.2. The van der Waals surface area contributed by atoms with Crippen LogP contribution < -0.4 is 5.32 Å². The molecular weight excluding hydrogens is 415 g/mol. The number of hydrogen-bond acceptors (Lipinski definition) is 6. The summed E-state index contributed by atoms with van der Waals surface area (Å²) >= 11 is 7.59. The number of carbonyl (C=O) groups is 1. The molecule has 0 aliphatic rings. The van der Waals surface area contributed by atoms with Crippen LogP contribution in [0.4, 0.5) is 10.1 Å². The first-order chi connectivity index (χ1) is 14.0. The molecule has 146 valence electrons. The lowest BCUT2D eigenvalue weighted by Gasteiger charge is -2.08. The number of amides is 1. The second kappa shape index (κ2) is 8.06. The normalized spacial score (nSPS) is 10.9. The Hall–Kier alpha value is -3.17. The summed E-state index contributed by atoms with van der Waals surface area (Å²) in [6, 6.07) is 11.6. The number of aryl methyl sites for hydroxylation is 1. The van der Waals surface area contributed by atoms with Crippen molar-refractivity contribution in [2.45, 2.75) is 13.3 Å². The van der Waals surface area contributed by atoms with E-state index >= 15 is 0 Å². The Labute approximate surface area is 174 Å². The van der Waals surface area contributed by atoms with Crippen LogP contribution >= 0.6 is 22.9 Å². The van der Waals surface area contributed by atoms with Crippen LogP contribution in [0.2, 0.25) is 5.02 Å². The van der Waals surface area contributed by atoms with Crippen molar-refractivity contribution in [1.82, 2.24) is 25.2 Å². The molecule has 4 rings (SSSR count). The number of nitrogens with one attached hydrogen (secondary N) is 1. The molecule has 2 aromatic carbocycles. The minimum Gasteiger partial charge on any atom is -0.323 e. The monoisotopic (exact) mass is 428 g/mol. The largest absolute Gasteiger partial charge is 0.323 e. The zero-order valence-corrected chi connectivity index (χ0v) is 16.7. The average Bonchev–Trinajstić information content (AvgIpc) is 3.33. The number of hydrogen-bond donors (Lipinski definition) is 1. The molecule has 0 fully saturated rings. The predicted octanol–water partition coefficient (Wildman–Crippen LogP) is 4.07. The fraction of sp³-hybridized carbons (Fsp3) is 0.105. The van der Waals surface area contributed by atoms with E-state index in [0.717, 1.165) is 10.6 Å². The van der Waals surface area contributed by atoms with Crippen LogP contribution in [0.1, 0.15) is 11.5 Å². The standard InChI is InChI=1S/C19H14ClFN6OS/c1-11-24-25-26-27(11)13-6-7-16(21)17(9-13)23-18(28)8-12-10-29-19(22-12)14-4-2-3-5-15(14)20/h2-7,9-10H,8H2,1H3,(H,23,28). The van der Waals surface area contributed by atoms with E-state index < -0.39 is 5.82 Å². The van der Waals surface area contributed by atoms with Gasteiger partial charge in [0.1, 0.15) is 10.8 Å². The number of rotatable bonds is 5. The van der Waals surface area contributed by atoms with Crippen molar-refractivity contribution < 1.29 is 9.18 Å². The summed E-state index contributed by atoms with van der Waals surface area (Å²) in [5.74, 6) is -0.392. The molecule has 4 aromatic rings. The molecule has 1 N–H and O–H groups in total. The van der Waals surface area contributed by atoms with Gasteiger partial charge in [-0.3, -0.25) is 4.79 Å². The van der Waals surface area contributed by atoms with Gasteiger partial charge in [0.15, 0.2) is 5.82 Å². The van der Waals surface area contributed by atoms with Gasteiger partial charge in [-0.2, -0.15) is 4.68 Å². The maximum absolute atomic E-state index is 14.2. The Morgan fingerprint density at radius 1 is 1.28 bits per heavy atom. The Kier molecular flexibility index (Phi) is 5.32. The molecule has 7 nitrogen and oxygen atoms in total. The molecule has 0 saturated heterocycles. The third-order valence-electron chi connectivity index (χ3n) is 4.09. The SMILES string of the molecule is Cc1nnnn1-c1ccc(F)c(NC(=O)Cc2csc(-c3ccccc3Cl)n2)c1. The van der Waals surface area contributed by atoms with Gasteiger partial charge in [-0.25, -0.2) is 9.37 Å². The second-order valence-electron chi connectivity index (χ2n) is 6.15. The fourth-order valence-corrected chi connectivity index (χ4v) is 3.86. The van der Waals surface area contributed by atoms with E-state index in [9.17, 15) is 9.18 Å². The van der Waals surface area contributed by atoms with E-state index in [-0.39, 0.29) is 18.0 Å². The predicted molar refractivity (Wildman–Crippen MR) is 109 cm³/mol. The second-order valence-corrected chi connectivity index (χ2v) is 7.42. The quantitative estimate of drug-likeness (QED) is 0.518. The van der Waals surface area contributed by atoms with E-state index in [1.165, 1.54) is 34.2 Å². The van der Waals surface area contributed by atoms with Gasteiger partial charge in [-0.05, 0) is 41.6 Å².